The summed E-state index contributed by atoms with van der Waals surface area (Å²) in [6.45, 7) is 0.584. The minimum atomic E-state index is -4.51. The van der Waals surface area contributed by atoms with Crippen LogP contribution in [0.5, 0.6) is 0 Å². The molecule has 3 amide bonds. The molecule has 0 aliphatic carbocycles. The van der Waals surface area contributed by atoms with Crippen molar-refractivity contribution >= 4 is 99.5 Å². The van der Waals surface area contributed by atoms with Gasteiger partial charge < -0.3 is 38.5 Å². The Morgan fingerprint density at radius 2 is 0.935 bits per heavy atom. The highest BCUT2D eigenvalue weighted by Gasteiger charge is 2.47. The quantitative estimate of drug-likeness (QED) is 0.0265. The third-order valence-corrected chi connectivity index (χ3v) is 14.5. The lowest BCUT2D eigenvalue weighted by molar-refractivity contribution is -0.149. The normalized spacial score (nSPS) is 18.7. The largest absolute Gasteiger partial charge is 0.473 e. The van der Waals surface area contributed by atoms with Gasteiger partial charge in [0.15, 0.2) is 12.2 Å². The molecule has 3 aliphatic heterocycles. The number of halogens is 14. The Balaban J connectivity index is 0.000000181. The number of nitrogens with one attached hydrogen (secondary N) is 2. The van der Waals surface area contributed by atoms with Crippen molar-refractivity contribution in [3.63, 3.8) is 0 Å². The summed E-state index contributed by atoms with van der Waals surface area (Å²) in [7, 11) is 2.53. The molecule has 10 rings (SSSR count). The molecule has 0 aromatic heterocycles. The molecule has 3 saturated heterocycles. The molecule has 2 N–H and O–H groups in total. The van der Waals surface area contributed by atoms with Gasteiger partial charge in [-0.1, -0.05) is 155 Å². The molecule has 0 bridgehead atoms. The van der Waals surface area contributed by atoms with Crippen LogP contribution in [0.3, 0.4) is 0 Å². The average molecular weight is 1390 g/mol. The molecule has 3 aliphatic rings. The van der Waals surface area contributed by atoms with Crippen molar-refractivity contribution in [2.24, 2.45) is 0 Å². The van der Waals surface area contributed by atoms with Gasteiger partial charge in [0.1, 0.15) is 24.7 Å². The Kier molecular flexibility index (Phi) is 24.5. The molecule has 29 heteroatoms. The van der Waals surface area contributed by atoms with Gasteiger partial charge in [0.05, 0.1) is 43.6 Å². The van der Waals surface area contributed by atoms with E-state index < -0.39 is 99.7 Å². The van der Waals surface area contributed by atoms with Crippen LogP contribution >= 0.6 is 58.0 Å². The van der Waals surface area contributed by atoms with Crippen LogP contribution in [-0.4, -0.2) is 79.7 Å². The second-order valence-electron chi connectivity index (χ2n) is 19.8. The summed E-state index contributed by atoms with van der Waals surface area (Å²) in [6, 6.07) is 43.2. The van der Waals surface area contributed by atoms with Crippen molar-refractivity contribution in [3.8, 4) is 0 Å². The summed E-state index contributed by atoms with van der Waals surface area (Å²) >= 11 is 28.1. The third kappa shape index (κ3) is 19.5. The zero-order valence-corrected chi connectivity index (χ0v) is 51.6. The molecule has 488 valence electrons. The van der Waals surface area contributed by atoms with Gasteiger partial charge >= 0.3 is 42.8 Å². The molecule has 0 saturated carbocycles. The Morgan fingerprint density at radius 1 is 0.533 bits per heavy atom. The lowest BCUT2D eigenvalue weighted by Gasteiger charge is -2.26. The minimum Gasteiger partial charge on any atom is -0.473 e. The second-order valence-corrected chi connectivity index (χ2v) is 23.0. The number of amides is 3. The van der Waals surface area contributed by atoms with Crippen molar-refractivity contribution in [2.75, 3.05) is 37.2 Å². The van der Waals surface area contributed by atoms with Crippen LogP contribution in [0.2, 0.25) is 10.0 Å². The molecule has 7 aromatic rings. The van der Waals surface area contributed by atoms with Crippen molar-refractivity contribution in [3.05, 3.63) is 237 Å². The van der Waals surface area contributed by atoms with Gasteiger partial charge in [-0.15, -0.1) is 0 Å². The van der Waals surface area contributed by atoms with Crippen LogP contribution in [0.15, 0.2) is 182 Å². The van der Waals surface area contributed by atoms with E-state index in [0.29, 0.717) is 32.5 Å². The molecule has 3 heterocycles. The first kappa shape index (κ1) is 71.5. The number of nitrogens with zero attached hydrogens (tertiary/aromatic N) is 2. The van der Waals surface area contributed by atoms with Gasteiger partial charge in [-0.2, -0.15) is 39.5 Å². The van der Waals surface area contributed by atoms with Gasteiger partial charge in [0.2, 0.25) is 12.0 Å². The van der Waals surface area contributed by atoms with Gasteiger partial charge in [0.25, 0.3) is 3.79 Å². The van der Waals surface area contributed by atoms with E-state index in [0.717, 1.165) is 54.6 Å². The number of alkyl halides is 12. The van der Waals surface area contributed by atoms with Crippen LogP contribution in [0, 0.1) is 5.41 Å². The fourth-order valence-corrected chi connectivity index (χ4v) is 9.72. The van der Waals surface area contributed by atoms with Gasteiger partial charge in [0, 0.05) is 28.5 Å². The number of benzene rings is 7. The van der Waals surface area contributed by atoms with E-state index in [1.54, 1.807) is 54.6 Å². The minimum absolute atomic E-state index is 0.0195. The van der Waals surface area contributed by atoms with Crippen molar-refractivity contribution < 1.29 is 91.8 Å². The number of carbonyl (C=O) groups excluding carboxylic acids is 4. The van der Waals surface area contributed by atoms with E-state index in [4.69, 9.17) is 91.8 Å². The van der Waals surface area contributed by atoms with E-state index in [1.165, 1.54) is 47.2 Å². The molecular weight excluding hydrogens is 1340 g/mol. The lowest BCUT2D eigenvalue weighted by Crippen LogP contribution is -2.31. The molecule has 0 radical (unpaired) electrons. The number of hydrogen-bond donors (Lipinski definition) is 2. The van der Waals surface area contributed by atoms with Gasteiger partial charge in [-0.25, -0.2) is 19.2 Å². The molecule has 7 aromatic carbocycles. The van der Waals surface area contributed by atoms with Crippen LogP contribution < -0.4 is 15.1 Å². The maximum Gasteiger partial charge on any atom is 0.416 e. The maximum atomic E-state index is 13.3. The number of anilines is 2. The predicted molar refractivity (Wildman–Crippen MR) is 324 cm³/mol. The van der Waals surface area contributed by atoms with E-state index in [2.05, 4.69) is 10.1 Å². The predicted octanol–water partition coefficient (Wildman–Crippen LogP) is 17.3. The fourth-order valence-electron chi connectivity index (χ4n) is 9.30. The first-order valence-electron chi connectivity index (χ1n) is 27.0. The SMILES string of the molecule is COC(=O)[C@@H]1OC(=O)N[C@H]1c1cccc(C(F)(F)F)c1.COC[C@@H]1OC(=O)N(c2ccc(Cl)cc2)[C@H]1c1cccc(C(F)(F)F)c1.N=C(OCc1ccccc1)C(Cl)(Cl)Cl.O=C1O[C@@H](COCc2ccccc2)[C@H](c2cccc(C(F)(F)F)c2)N1c1ccc(Cl)cc1. The summed E-state index contributed by atoms with van der Waals surface area (Å²) in [5, 5.41) is 10.5. The molecular formula is C63H52Cl5F9N4O11. The van der Waals surface area contributed by atoms with E-state index in [-0.39, 0.29) is 37.9 Å². The number of cyclic esters (lactones) is 3. The summed E-state index contributed by atoms with van der Waals surface area (Å²) in [5.74, 6) is -1.21. The Bertz CT molecular complexity index is 3630. The van der Waals surface area contributed by atoms with Crippen molar-refractivity contribution in [1.29, 1.82) is 5.41 Å². The molecule has 0 spiro atoms. The molecule has 6 atom stereocenters. The highest BCUT2D eigenvalue weighted by molar-refractivity contribution is 6.76. The number of carbonyl (C=O) groups is 4. The topological polar surface area (TPSA) is 175 Å². The second kappa shape index (κ2) is 31.6. The van der Waals surface area contributed by atoms with Crippen LogP contribution in [-0.2, 0) is 69.7 Å². The molecule has 3 fully saturated rings. The van der Waals surface area contributed by atoms with Crippen LogP contribution in [0.25, 0.3) is 0 Å². The summed E-state index contributed by atoms with van der Waals surface area (Å²) in [5.41, 5.74) is 1.05. The first-order chi connectivity index (χ1) is 43.5. The Morgan fingerprint density at radius 3 is 1.34 bits per heavy atom. The highest BCUT2D eigenvalue weighted by Crippen LogP contribution is 2.43. The van der Waals surface area contributed by atoms with Crippen molar-refractivity contribution in [1.82, 2.24) is 5.32 Å². The summed E-state index contributed by atoms with van der Waals surface area (Å²) < 4.78 is 151. The number of ether oxygens (including phenoxy) is 7. The standard InChI is InChI=1S/C24H19ClF3NO3.C18H15ClF3NO3.C12H10F3NO4.C9H8Cl3NO/c25-19-9-11-20(12-10-19)29-22(17-7-4-8-18(13-17)24(26,27)28)21(32-23(29)30)15-31-14-16-5-2-1-3-6-16;1-25-10-15-16(11-3-2-4-12(9-11)18(20,21)22)23(17(24)26-15)14-7-5-13(19)6-8-14;1-19-10(17)9-8(16-11(18)20-9)6-3-2-4-7(5-6)12(13,14)15;10-9(11,12)8(13)14-6-7-4-2-1-3-5-7/h1-13,21-22H,14-15H2;2-9,15-16H,10H2,1H3;2-5,8-9H,1H3,(H,16,18);1-5,13H,6H2/t21-,22-;15-,16-;8-,9+;/m000./s1. The van der Waals surface area contributed by atoms with Crippen molar-refractivity contribution in [2.45, 2.75) is 72.0 Å². The maximum absolute atomic E-state index is 13.3. The average Bonchev–Trinajstić information content (AvgIpc) is 1.61. The molecule has 15 nitrogen and oxygen atoms in total. The van der Waals surface area contributed by atoms with E-state index >= 15 is 0 Å². The number of hydrogen-bond acceptors (Lipinski definition) is 12. The highest BCUT2D eigenvalue weighted by atomic mass is 35.6. The summed E-state index contributed by atoms with van der Waals surface area (Å²) in [6.07, 6.45) is -18.6. The fraction of sp³-hybridized carbons (Fsp3) is 0.254. The van der Waals surface area contributed by atoms with Crippen LogP contribution in [0.4, 0.5) is 65.3 Å². The summed E-state index contributed by atoms with van der Waals surface area (Å²) in [4.78, 5) is 50.5. The number of rotatable bonds is 14. The zero-order valence-electron chi connectivity index (χ0n) is 47.8. The van der Waals surface area contributed by atoms with E-state index in [1.807, 2.05) is 60.7 Å². The number of methoxy groups -OCH3 is 2. The molecule has 92 heavy (non-hydrogen) atoms. The van der Waals surface area contributed by atoms with Gasteiger partial charge in [-0.3, -0.25) is 15.2 Å². The van der Waals surface area contributed by atoms with Crippen LogP contribution in [0.1, 0.15) is 62.6 Å². The Labute approximate surface area is 545 Å². The zero-order chi connectivity index (χ0) is 67.1. The number of esters is 1. The smallest absolute Gasteiger partial charge is 0.416 e. The third-order valence-electron chi connectivity index (χ3n) is 13.5. The molecule has 0 unspecified atom stereocenters. The monoisotopic (exact) mass is 1390 g/mol. The van der Waals surface area contributed by atoms with Gasteiger partial charge in [-0.05, 0) is 113 Å². The lowest BCUT2D eigenvalue weighted by atomic mass is 9.98. The Hall–Kier alpha value is -7.97. The van der Waals surface area contributed by atoms with E-state index in [9.17, 15) is 58.7 Å². The first-order valence-corrected chi connectivity index (χ1v) is 28.9. The number of alkyl carbamates (subject to hydrolysis) is 1.